The third-order valence-corrected chi connectivity index (χ3v) is 4.06. The average molecular weight is 329 g/mol. The lowest BCUT2D eigenvalue weighted by Gasteiger charge is -2.14. The van der Waals surface area contributed by atoms with Crippen LogP contribution in [0.2, 0.25) is 0 Å². The highest BCUT2D eigenvalue weighted by atomic mass is 19.1. The molecule has 6 heteroatoms. The van der Waals surface area contributed by atoms with E-state index in [0.717, 1.165) is 5.56 Å². The van der Waals surface area contributed by atoms with E-state index in [1.807, 2.05) is 5.32 Å². The van der Waals surface area contributed by atoms with E-state index in [1.165, 1.54) is 17.0 Å². The van der Waals surface area contributed by atoms with Crippen LogP contribution < -0.4 is 15.0 Å². The molecule has 24 heavy (non-hydrogen) atoms. The molecule has 0 aliphatic carbocycles. The minimum absolute atomic E-state index is 0.159. The molecular formula is C18H18FN2O3+. The van der Waals surface area contributed by atoms with Crippen molar-refractivity contribution in [2.24, 2.45) is 0 Å². The van der Waals surface area contributed by atoms with Crippen LogP contribution in [0.4, 0.5) is 10.1 Å². The molecule has 0 spiro atoms. The molecule has 0 radical (unpaired) electrons. The molecule has 0 bridgehead atoms. The Balaban J connectivity index is 1.67. The van der Waals surface area contributed by atoms with Gasteiger partial charge in [-0.25, -0.2) is 9.29 Å². The van der Waals surface area contributed by atoms with Crippen molar-refractivity contribution in [1.82, 2.24) is 0 Å². The molecule has 5 nitrogen and oxygen atoms in total. The number of carbonyl (C=O) groups is 2. The van der Waals surface area contributed by atoms with E-state index in [-0.39, 0.29) is 24.1 Å². The number of amides is 2. The molecule has 2 amide bonds. The largest absolute Gasteiger partial charge is 0.497 e. The maximum absolute atomic E-state index is 12.9. The van der Waals surface area contributed by atoms with Gasteiger partial charge in [0, 0.05) is 5.56 Å². The number of nitrogens with two attached hydrogens (primary N) is 1. The lowest BCUT2D eigenvalue weighted by atomic mass is 10.2. The van der Waals surface area contributed by atoms with E-state index in [4.69, 9.17) is 4.74 Å². The molecule has 1 atom stereocenters. The maximum atomic E-state index is 12.9. The number of halogens is 1. The zero-order valence-corrected chi connectivity index (χ0v) is 13.2. The number of hydrogen-bond donors (Lipinski definition) is 1. The van der Waals surface area contributed by atoms with Crippen molar-refractivity contribution >= 4 is 17.5 Å². The number of rotatable bonds is 5. The topological polar surface area (TPSA) is 63.2 Å². The fourth-order valence-electron chi connectivity index (χ4n) is 2.74. The second-order valence-corrected chi connectivity index (χ2v) is 5.64. The Hall–Kier alpha value is -2.73. The molecule has 2 aromatic rings. The molecule has 0 saturated carbocycles. The van der Waals surface area contributed by atoms with Gasteiger partial charge < -0.3 is 10.1 Å². The third-order valence-electron chi connectivity index (χ3n) is 4.06. The summed E-state index contributed by atoms with van der Waals surface area (Å²) in [4.78, 5) is 26.0. The van der Waals surface area contributed by atoms with Crippen LogP contribution in [-0.2, 0) is 16.1 Å². The van der Waals surface area contributed by atoms with Gasteiger partial charge in [-0.3, -0.25) is 9.59 Å². The Labute approximate surface area is 139 Å². The van der Waals surface area contributed by atoms with E-state index in [1.54, 1.807) is 43.5 Å². The highest BCUT2D eigenvalue weighted by molar-refractivity contribution is 6.21. The predicted molar refractivity (Wildman–Crippen MR) is 85.9 cm³/mol. The second kappa shape index (κ2) is 6.80. The maximum Gasteiger partial charge on any atom is 0.292 e. The molecule has 1 fully saturated rings. The minimum atomic E-state index is -0.454. The second-order valence-electron chi connectivity index (χ2n) is 5.64. The number of quaternary nitrogens is 1. The normalized spacial score (nSPS) is 17.4. The number of anilines is 1. The van der Waals surface area contributed by atoms with Gasteiger partial charge in [0.15, 0.2) is 6.04 Å². The van der Waals surface area contributed by atoms with Gasteiger partial charge in [-0.1, -0.05) is 12.1 Å². The van der Waals surface area contributed by atoms with Crippen molar-refractivity contribution in [3.63, 3.8) is 0 Å². The summed E-state index contributed by atoms with van der Waals surface area (Å²) < 4.78 is 18.0. The lowest BCUT2D eigenvalue weighted by Crippen LogP contribution is -2.90. The van der Waals surface area contributed by atoms with Gasteiger partial charge in [0.1, 0.15) is 18.1 Å². The summed E-state index contributed by atoms with van der Waals surface area (Å²) in [7, 11) is 1.56. The Morgan fingerprint density at radius 1 is 1.12 bits per heavy atom. The summed E-state index contributed by atoms with van der Waals surface area (Å²) in [5.41, 5.74) is 1.45. The zero-order chi connectivity index (χ0) is 17.1. The van der Waals surface area contributed by atoms with Crippen LogP contribution in [0, 0.1) is 5.82 Å². The smallest absolute Gasteiger partial charge is 0.292 e. The number of benzene rings is 2. The Bertz CT molecular complexity index is 744. The molecule has 2 N–H and O–H groups in total. The summed E-state index contributed by atoms with van der Waals surface area (Å²) >= 11 is 0. The van der Waals surface area contributed by atoms with Gasteiger partial charge in [0.2, 0.25) is 5.91 Å². The number of imide groups is 1. The van der Waals surface area contributed by atoms with Gasteiger partial charge in [-0.05, 0) is 36.4 Å². The first kappa shape index (κ1) is 16.1. The molecule has 1 aliphatic rings. The molecule has 0 unspecified atom stereocenters. The molecule has 0 aromatic heterocycles. The number of hydrogen-bond acceptors (Lipinski definition) is 3. The fourth-order valence-corrected chi connectivity index (χ4v) is 2.74. The lowest BCUT2D eigenvalue weighted by molar-refractivity contribution is -0.690. The SMILES string of the molecule is COc1ccc(N2C(=O)C[C@@H]([NH2+]Cc3ccc(F)cc3)C2=O)cc1. The summed E-state index contributed by atoms with van der Waals surface area (Å²) in [6.45, 7) is 0.514. The van der Waals surface area contributed by atoms with E-state index in [9.17, 15) is 14.0 Å². The molecule has 124 valence electrons. The van der Waals surface area contributed by atoms with Gasteiger partial charge in [0.05, 0.1) is 19.2 Å². The summed E-state index contributed by atoms with van der Waals surface area (Å²) in [6, 6.07) is 12.5. The van der Waals surface area contributed by atoms with Crippen molar-refractivity contribution in [3.8, 4) is 5.75 Å². The van der Waals surface area contributed by atoms with Crippen LogP contribution >= 0.6 is 0 Å². The summed E-state index contributed by atoms with van der Waals surface area (Å²) in [5, 5.41) is 1.82. The minimum Gasteiger partial charge on any atom is -0.497 e. The number of ether oxygens (including phenoxy) is 1. The van der Waals surface area contributed by atoms with E-state index >= 15 is 0 Å². The third kappa shape index (κ3) is 3.28. The van der Waals surface area contributed by atoms with Crippen LogP contribution in [0.5, 0.6) is 5.75 Å². The highest BCUT2D eigenvalue weighted by Crippen LogP contribution is 2.24. The number of nitrogens with zero attached hydrogens (tertiary/aromatic N) is 1. The monoisotopic (exact) mass is 329 g/mol. The van der Waals surface area contributed by atoms with Crippen molar-refractivity contribution in [3.05, 3.63) is 59.9 Å². The number of methoxy groups -OCH3 is 1. The van der Waals surface area contributed by atoms with Gasteiger partial charge >= 0.3 is 0 Å². The quantitative estimate of drug-likeness (QED) is 0.839. The predicted octanol–water partition coefficient (Wildman–Crippen LogP) is 1.23. The molecule has 1 heterocycles. The van der Waals surface area contributed by atoms with E-state index in [2.05, 4.69) is 0 Å². The molecule has 2 aromatic carbocycles. The van der Waals surface area contributed by atoms with Gasteiger partial charge in [0.25, 0.3) is 5.91 Å². The van der Waals surface area contributed by atoms with Crippen LogP contribution in [0.1, 0.15) is 12.0 Å². The van der Waals surface area contributed by atoms with Crippen LogP contribution in [0.15, 0.2) is 48.5 Å². The Morgan fingerprint density at radius 2 is 1.79 bits per heavy atom. The van der Waals surface area contributed by atoms with E-state index < -0.39 is 6.04 Å². The van der Waals surface area contributed by atoms with Gasteiger partial charge in [-0.15, -0.1) is 0 Å². The van der Waals surface area contributed by atoms with E-state index in [0.29, 0.717) is 18.0 Å². The molecule has 3 rings (SSSR count). The number of carbonyl (C=O) groups excluding carboxylic acids is 2. The van der Waals surface area contributed by atoms with Crippen LogP contribution in [0.25, 0.3) is 0 Å². The summed E-state index contributed by atoms with van der Waals surface area (Å²) in [6.07, 6.45) is 0.159. The Kier molecular flexibility index (Phi) is 4.57. The standard InChI is InChI=1S/C18H17FN2O3/c1-24-15-8-6-14(7-9-15)21-17(22)10-16(18(21)23)20-11-12-2-4-13(19)5-3-12/h2-9,16,20H,10-11H2,1H3/p+1/t16-/m1/s1. The van der Waals surface area contributed by atoms with Crippen LogP contribution in [-0.4, -0.2) is 25.0 Å². The molecule has 1 aliphatic heterocycles. The first-order valence-corrected chi connectivity index (χ1v) is 7.67. The van der Waals surface area contributed by atoms with Crippen molar-refractivity contribution in [1.29, 1.82) is 0 Å². The first-order chi connectivity index (χ1) is 11.6. The molecular weight excluding hydrogens is 311 g/mol. The summed E-state index contributed by atoms with van der Waals surface area (Å²) in [5.74, 6) is -0.0772. The van der Waals surface area contributed by atoms with Crippen molar-refractivity contribution in [2.75, 3.05) is 12.0 Å². The fraction of sp³-hybridized carbons (Fsp3) is 0.222. The highest BCUT2D eigenvalue weighted by Gasteiger charge is 2.42. The van der Waals surface area contributed by atoms with Gasteiger partial charge in [-0.2, -0.15) is 0 Å². The average Bonchev–Trinajstić information content (AvgIpc) is 2.88. The first-order valence-electron chi connectivity index (χ1n) is 7.67. The van der Waals surface area contributed by atoms with Crippen molar-refractivity contribution < 1.29 is 24.0 Å². The molecule has 1 saturated heterocycles. The van der Waals surface area contributed by atoms with Crippen LogP contribution in [0.3, 0.4) is 0 Å². The zero-order valence-electron chi connectivity index (χ0n) is 13.2. The van der Waals surface area contributed by atoms with Crippen molar-refractivity contribution in [2.45, 2.75) is 19.0 Å². The Morgan fingerprint density at radius 3 is 2.42 bits per heavy atom.